The van der Waals surface area contributed by atoms with Gasteiger partial charge in [0.15, 0.2) is 0 Å². The van der Waals surface area contributed by atoms with Crippen LogP contribution in [0.25, 0.3) is 0 Å². The van der Waals surface area contributed by atoms with E-state index in [9.17, 15) is 19.5 Å². The Balaban J connectivity index is 1.93. The maximum Gasteiger partial charge on any atom is 0.313 e. The van der Waals surface area contributed by atoms with Gasteiger partial charge in [0.2, 0.25) is 5.91 Å². The molecule has 0 aromatic rings. The molecule has 29 heavy (non-hydrogen) atoms. The van der Waals surface area contributed by atoms with Crippen molar-refractivity contribution < 1.29 is 24.2 Å². The molecule has 2 N–H and O–H groups in total. The van der Waals surface area contributed by atoms with Gasteiger partial charge in [-0.15, -0.1) is 13.2 Å². The van der Waals surface area contributed by atoms with Crippen LogP contribution in [-0.2, 0) is 19.1 Å². The van der Waals surface area contributed by atoms with Crippen LogP contribution in [0, 0.1) is 23.2 Å². The molecule has 6 heteroatoms. The number of amides is 1. The SMILES string of the molecule is C=CCCCCCNC(=O)[C@@H]1C[C@@H](O)C[C@H]1C(=O)C[C@]1(C(=O)OCC)C[C@H]1C=C. The number of aliphatic hydroxyl groups excluding tert-OH is 1. The van der Waals surface area contributed by atoms with Crippen LogP contribution >= 0.6 is 0 Å². The number of esters is 1. The molecule has 0 unspecified atom stereocenters. The van der Waals surface area contributed by atoms with Crippen LogP contribution in [0.15, 0.2) is 25.3 Å². The van der Waals surface area contributed by atoms with E-state index in [1.807, 2.05) is 6.08 Å². The highest BCUT2D eigenvalue weighted by Crippen LogP contribution is 2.57. The van der Waals surface area contributed by atoms with Crippen molar-refractivity contribution in [1.82, 2.24) is 5.32 Å². The van der Waals surface area contributed by atoms with E-state index in [0.717, 1.165) is 25.7 Å². The number of hydrogen-bond donors (Lipinski definition) is 2. The minimum Gasteiger partial charge on any atom is -0.466 e. The summed E-state index contributed by atoms with van der Waals surface area (Å²) in [5.74, 6) is -1.83. The molecule has 0 bridgehead atoms. The molecule has 0 heterocycles. The molecule has 5 atom stereocenters. The molecule has 0 radical (unpaired) electrons. The number of carbonyl (C=O) groups excluding carboxylic acids is 3. The number of ether oxygens (including phenoxy) is 1. The van der Waals surface area contributed by atoms with Crippen molar-refractivity contribution in [2.24, 2.45) is 23.2 Å². The average molecular weight is 406 g/mol. The van der Waals surface area contributed by atoms with Gasteiger partial charge in [0.1, 0.15) is 5.78 Å². The van der Waals surface area contributed by atoms with Gasteiger partial charge in [-0.1, -0.05) is 18.6 Å². The van der Waals surface area contributed by atoms with Gasteiger partial charge in [0.25, 0.3) is 0 Å². The number of carbonyl (C=O) groups is 3. The third kappa shape index (κ3) is 5.78. The van der Waals surface area contributed by atoms with Crippen molar-refractivity contribution in [3.05, 3.63) is 25.3 Å². The van der Waals surface area contributed by atoms with E-state index < -0.39 is 23.4 Å². The predicted octanol–water partition coefficient (Wildman–Crippen LogP) is 2.95. The van der Waals surface area contributed by atoms with Crippen molar-refractivity contribution in [3.8, 4) is 0 Å². The Bertz CT molecular complexity index is 631. The minimum atomic E-state index is -0.839. The summed E-state index contributed by atoms with van der Waals surface area (Å²) >= 11 is 0. The summed E-state index contributed by atoms with van der Waals surface area (Å²) in [6.07, 6.45) is 7.97. The molecule has 162 valence electrons. The molecule has 2 aliphatic rings. The predicted molar refractivity (Wildman–Crippen MR) is 111 cm³/mol. The number of allylic oxidation sites excluding steroid dienone is 2. The Hall–Kier alpha value is -1.95. The largest absolute Gasteiger partial charge is 0.466 e. The molecular formula is C23H35NO5. The van der Waals surface area contributed by atoms with E-state index >= 15 is 0 Å². The highest BCUT2D eigenvalue weighted by molar-refractivity contribution is 5.94. The second-order valence-electron chi connectivity index (χ2n) is 8.33. The second-order valence-corrected chi connectivity index (χ2v) is 8.33. The standard InChI is InChI=1S/C23H35NO5/c1-4-7-8-9-10-11-24-21(27)19-13-17(25)12-18(19)20(26)15-23(14-16(23)5-2)22(28)29-6-3/h4-5,16-19,25H,1-2,6-15H2,3H3,(H,24,27)/t16-,17+,18-,19-,23-/m1/s1. The normalized spacial score (nSPS) is 30.4. The summed E-state index contributed by atoms with van der Waals surface area (Å²) < 4.78 is 5.18. The number of hydrogen-bond acceptors (Lipinski definition) is 5. The van der Waals surface area contributed by atoms with E-state index in [-0.39, 0.29) is 49.4 Å². The first kappa shape index (κ1) is 23.3. The molecular weight excluding hydrogens is 370 g/mol. The quantitative estimate of drug-likeness (QED) is 0.279. The van der Waals surface area contributed by atoms with Crippen molar-refractivity contribution in [1.29, 1.82) is 0 Å². The first-order chi connectivity index (χ1) is 13.9. The van der Waals surface area contributed by atoms with E-state index in [4.69, 9.17) is 4.74 Å². The van der Waals surface area contributed by atoms with Gasteiger partial charge in [0, 0.05) is 18.9 Å². The van der Waals surface area contributed by atoms with E-state index in [0.29, 0.717) is 13.0 Å². The Labute approximate surface area is 173 Å². The van der Waals surface area contributed by atoms with Gasteiger partial charge in [-0.3, -0.25) is 14.4 Å². The van der Waals surface area contributed by atoms with Crippen LogP contribution in [0.3, 0.4) is 0 Å². The third-order valence-electron chi connectivity index (χ3n) is 6.26. The summed E-state index contributed by atoms with van der Waals surface area (Å²) in [6, 6.07) is 0. The smallest absolute Gasteiger partial charge is 0.313 e. The summed E-state index contributed by atoms with van der Waals surface area (Å²) in [4.78, 5) is 38.1. The molecule has 0 aliphatic heterocycles. The first-order valence-corrected chi connectivity index (χ1v) is 10.8. The molecule has 6 nitrogen and oxygen atoms in total. The van der Waals surface area contributed by atoms with Gasteiger partial charge in [-0.05, 0) is 51.4 Å². The molecule has 1 amide bonds. The first-order valence-electron chi connectivity index (χ1n) is 10.8. The fourth-order valence-corrected chi connectivity index (χ4v) is 4.46. The number of Topliss-reactive ketones (excluding diaryl/α,β-unsaturated/α-hetero) is 1. The van der Waals surface area contributed by atoms with Crippen molar-refractivity contribution in [2.75, 3.05) is 13.2 Å². The molecule has 2 rings (SSSR count). The lowest BCUT2D eigenvalue weighted by molar-refractivity contribution is -0.152. The summed E-state index contributed by atoms with van der Waals surface area (Å²) in [5.41, 5.74) is -0.839. The van der Waals surface area contributed by atoms with E-state index in [1.165, 1.54) is 0 Å². The highest BCUT2D eigenvalue weighted by atomic mass is 16.5. The van der Waals surface area contributed by atoms with Crippen molar-refractivity contribution in [2.45, 2.75) is 64.4 Å². The molecule has 2 fully saturated rings. The number of ketones is 1. The average Bonchev–Trinajstić information content (AvgIpc) is 3.27. The minimum absolute atomic E-state index is 0.0469. The van der Waals surface area contributed by atoms with Crippen molar-refractivity contribution in [3.63, 3.8) is 0 Å². The molecule has 0 spiro atoms. The molecule has 2 saturated carbocycles. The maximum absolute atomic E-state index is 13.0. The maximum atomic E-state index is 13.0. The Kier molecular flexibility index (Phi) is 8.62. The number of unbranched alkanes of at least 4 members (excludes halogenated alkanes) is 3. The zero-order valence-corrected chi connectivity index (χ0v) is 17.5. The zero-order chi connectivity index (χ0) is 21.4. The molecule has 0 aromatic heterocycles. The Morgan fingerprint density at radius 2 is 1.90 bits per heavy atom. The van der Waals surface area contributed by atoms with Gasteiger partial charge >= 0.3 is 5.97 Å². The lowest BCUT2D eigenvalue weighted by Crippen LogP contribution is -2.37. The summed E-state index contributed by atoms with van der Waals surface area (Å²) in [5, 5.41) is 13.0. The van der Waals surface area contributed by atoms with Crippen LogP contribution in [0.5, 0.6) is 0 Å². The van der Waals surface area contributed by atoms with Crippen LogP contribution in [0.4, 0.5) is 0 Å². The van der Waals surface area contributed by atoms with Crippen LogP contribution < -0.4 is 5.32 Å². The molecule has 0 saturated heterocycles. The van der Waals surface area contributed by atoms with E-state index in [2.05, 4.69) is 18.5 Å². The number of nitrogens with one attached hydrogen (secondary N) is 1. The Morgan fingerprint density at radius 1 is 1.17 bits per heavy atom. The van der Waals surface area contributed by atoms with Gasteiger partial charge in [-0.25, -0.2) is 0 Å². The molecule has 0 aromatic carbocycles. The number of aliphatic hydroxyl groups is 1. The molecule has 2 aliphatic carbocycles. The topological polar surface area (TPSA) is 92.7 Å². The summed E-state index contributed by atoms with van der Waals surface area (Å²) in [7, 11) is 0. The van der Waals surface area contributed by atoms with E-state index in [1.54, 1.807) is 13.0 Å². The highest BCUT2D eigenvalue weighted by Gasteiger charge is 2.61. The van der Waals surface area contributed by atoms with Crippen LogP contribution in [0.1, 0.15) is 58.3 Å². The van der Waals surface area contributed by atoms with Crippen LogP contribution in [-0.4, -0.2) is 42.0 Å². The summed E-state index contributed by atoms with van der Waals surface area (Å²) in [6.45, 7) is 10.0. The lowest BCUT2D eigenvalue weighted by atomic mass is 9.84. The zero-order valence-electron chi connectivity index (χ0n) is 17.5. The van der Waals surface area contributed by atoms with Gasteiger partial charge in [-0.2, -0.15) is 0 Å². The third-order valence-corrected chi connectivity index (χ3v) is 6.26. The van der Waals surface area contributed by atoms with Gasteiger partial charge < -0.3 is 15.2 Å². The van der Waals surface area contributed by atoms with Crippen LogP contribution in [0.2, 0.25) is 0 Å². The Morgan fingerprint density at radius 3 is 2.52 bits per heavy atom. The second kappa shape index (κ2) is 10.7. The van der Waals surface area contributed by atoms with Crippen molar-refractivity contribution >= 4 is 17.7 Å². The van der Waals surface area contributed by atoms with Gasteiger partial charge in [0.05, 0.1) is 24.0 Å². The fourth-order valence-electron chi connectivity index (χ4n) is 4.46. The number of rotatable bonds is 13. The fraction of sp³-hybridized carbons (Fsp3) is 0.696. The monoisotopic (exact) mass is 405 g/mol. The lowest BCUT2D eigenvalue weighted by Gasteiger charge is -2.21.